The van der Waals surface area contributed by atoms with Gasteiger partial charge in [-0.3, -0.25) is 9.80 Å². The molecule has 2 aromatic carbocycles. The number of hydrogen-bond acceptors (Lipinski definition) is 3. The highest BCUT2D eigenvalue weighted by atomic mass is 32.2. The van der Waals surface area contributed by atoms with Crippen LogP contribution in [0.15, 0.2) is 53.4 Å². The van der Waals surface area contributed by atoms with Crippen molar-refractivity contribution in [2.75, 3.05) is 25.9 Å². The van der Waals surface area contributed by atoms with Gasteiger partial charge in [-0.05, 0) is 42.0 Å². The molecule has 2 aliphatic rings. The van der Waals surface area contributed by atoms with E-state index in [-0.39, 0.29) is 0 Å². The number of rotatable bonds is 4. The summed E-state index contributed by atoms with van der Waals surface area (Å²) in [5.41, 5.74) is 4.54. The SMILES string of the molecule is CN(CCN1Cc2ccccc2C1)[C@H]1CCSc2ccccc21. The van der Waals surface area contributed by atoms with E-state index in [1.165, 1.54) is 33.8 Å². The van der Waals surface area contributed by atoms with E-state index in [0.29, 0.717) is 6.04 Å². The third kappa shape index (κ3) is 3.18. The number of fused-ring (bicyclic) bond motifs is 2. The molecule has 1 atom stereocenters. The quantitative estimate of drug-likeness (QED) is 0.833. The van der Waals surface area contributed by atoms with E-state index >= 15 is 0 Å². The van der Waals surface area contributed by atoms with Gasteiger partial charge in [0.2, 0.25) is 0 Å². The minimum absolute atomic E-state index is 0.581. The molecule has 0 unspecified atom stereocenters. The van der Waals surface area contributed by atoms with Crippen LogP contribution in [-0.2, 0) is 13.1 Å². The summed E-state index contributed by atoms with van der Waals surface area (Å²) in [4.78, 5) is 6.61. The Morgan fingerprint density at radius 1 is 1.04 bits per heavy atom. The van der Waals surface area contributed by atoms with Crippen LogP contribution in [0, 0.1) is 0 Å². The topological polar surface area (TPSA) is 6.48 Å². The van der Waals surface area contributed by atoms with E-state index in [2.05, 4.69) is 65.4 Å². The van der Waals surface area contributed by atoms with Gasteiger partial charge < -0.3 is 0 Å². The molecular formula is C20H24N2S. The summed E-state index contributed by atoms with van der Waals surface area (Å²) in [5.74, 6) is 1.24. The highest BCUT2D eigenvalue weighted by Gasteiger charge is 2.25. The molecule has 0 N–H and O–H groups in total. The Morgan fingerprint density at radius 3 is 2.52 bits per heavy atom. The second-order valence-corrected chi connectivity index (χ2v) is 7.79. The zero-order valence-electron chi connectivity index (χ0n) is 13.7. The minimum atomic E-state index is 0.581. The number of thioether (sulfide) groups is 1. The Morgan fingerprint density at radius 2 is 1.74 bits per heavy atom. The van der Waals surface area contributed by atoms with Gasteiger partial charge in [-0.25, -0.2) is 0 Å². The van der Waals surface area contributed by atoms with Crippen LogP contribution in [0.5, 0.6) is 0 Å². The summed E-state index contributed by atoms with van der Waals surface area (Å²) in [5, 5.41) is 0. The first-order chi connectivity index (χ1) is 11.3. The van der Waals surface area contributed by atoms with Gasteiger partial charge >= 0.3 is 0 Å². The first-order valence-corrected chi connectivity index (χ1v) is 9.51. The second kappa shape index (κ2) is 6.68. The van der Waals surface area contributed by atoms with Crippen molar-refractivity contribution in [1.29, 1.82) is 0 Å². The molecule has 0 aromatic heterocycles. The van der Waals surface area contributed by atoms with Gasteiger partial charge in [0.15, 0.2) is 0 Å². The molecule has 0 saturated carbocycles. The van der Waals surface area contributed by atoms with Gasteiger partial charge in [0.05, 0.1) is 0 Å². The predicted molar refractivity (Wildman–Crippen MR) is 97.7 cm³/mol. The van der Waals surface area contributed by atoms with Gasteiger partial charge in [0, 0.05) is 37.1 Å². The average Bonchev–Trinajstić information content (AvgIpc) is 3.02. The first-order valence-electron chi connectivity index (χ1n) is 8.52. The van der Waals surface area contributed by atoms with Crippen LogP contribution in [0.2, 0.25) is 0 Å². The van der Waals surface area contributed by atoms with Crippen LogP contribution in [0.25, 0.3) is 0 Å². The number of likely N-dealkylation sites (N-methyl/N-ethyl adjacent to an activating group) is 1. The lowest BCUT2D eigenvalue weighted by Crippen LogP contribution is -2.34. The lowest BCUT2D eigenvalue weighted by molar-refractivity contribution is 0.185. The number of nitrogens with zero attached hydrogens (tertiary/aromatic N) is 2. The van der Waals surface area contributed by atoms with Crippen LogP contribution < -0.4 is 0 Å². The summed E-state index contributed by atoms with van der Waals surface area (Å²) >= 11 is 2.01. The molecule has 4 rings (SSSR count). The number of benzene rings is 2. The van der Waals surface area contributed by atoms with Crippen molar-refractivity contribution in [3.05, 3.63) is 65.2 Å². The summed E-state index contributed by atoms with van der Waals surface area (Å²) in [7, 11) is 2.29. The average molecular weight is 324 g/mol. The lowest BCUT2D eigenvalue weighted by atomic mass is 10.0. The van der Waals surface area contributed by atoms with E-state index in [9.17, 15) is 0 Å². The van der Waals surface area contributed by atoms with E-state index in [1.54, 1.807) is 0 Å². The van der Waals surface area contributed by atoms with Crippen molar-refractivity contribution < 1.29 is 0 Å². The van der Waals surface area contributed by atoms with Crippen molar-refractivity contribution >= 4 is 11.8 Å². The van der Waals surface area contributed by atoms with Crippen molar-refractivity contribution in [3.63, 3.8) is 0 Å². The molecule has 0 fully saturated rings. The Hall–Kier alpha value is -1.29. The highest BCUT2D eigenvalue weighted by Crippen LogP contribution is 2.38. The van der Waals surface area contributed by atoms with Crippen LogP contribution >= 0.6 is 11.8 Å². The maximum absolute atomic E-state index is 2.57. The molecule has 23 heavy (non-hydrogen) atoms. The van der Waals surface area contributed by atoms with Gasteiger partial charge in [-0.15, -0.1) is 11.8 Å². The second-order valence-electron chi connectivity index (χ2n) is 6.65. The standard InChI is InChI=1S/C20H24N2S/c1-21(19-10-13-23-20-9-5-4-8-18(19)20)11-12-22-14-16-6-2-3-7-17(16)15-22/h2-9,19H,10-15H2,1H3/t19-/m0/s1. The van der Waals surface area contributed by atoms with Crippen LogP contribution in [0.3, 0.4) is 0 Å². The molecule has 2 heterocycles. The Bertz CT molecular complexity index is 660. The summed E-state index contributed by atoms with van der Waals surface area (Å²) in [6, 6.07) is 18.4. The normalized spacial score (nSPS) is 20.5. The van der Waals surface area contributed by atoms with Crippen molar-refractivity contribution in [1.82, 2.24) is 9.80 Å². The maximum atomic E-state index is 2.57. The molecule has 2 aromatic rings. The first kappa shape index (κ1) is 15.3. The van der Waals surface area contributed by atoms with E-state index in [4.69, 9.17) is 0 Å². The van der Waals surface area contributed by atoms with E-state index in [1.807, 2.05) is 11.8 Å². The molecule has 2 nitrogen and oxygen atoms in total. The summed E-state index contributed by atoms with van der Waals surface area (Å²) < 4.78 is 0. The maximum Gasteiger partial charge on any atom is 0.0364 e. The summed E-state index contributed by atoms with van der Waals surface area (Å²) in [6.45, 7) is 4.51. The predicted octanol–water partition coefficient (Wildman–Crippen LogP) is 4.17. The van der Waals surface area contributed by atoms with Crippen LogP contribution in [0.1, 0.15) is 29.2 Å². The summed E-state index contributed by atoms with van der Waals surface area (Å²) in [6.07, 6.45) is 1.26. The van der Waals surface area contributed by atoms with Crippen molar-refractivity contribution in [3.8, 4) is 0 Å². The molecular weight excluding hydrogens is 300 g/mol. The molecule has 120 valence electrons. The smallest absolute Gasteiger partial charge is 0.0364 e. The Labute approximate surface area is 143 Å². The molecule has 0 saturated heterocycles. The molecule has 0 bridgehead atoms. The zero-order valence-corrected chi connectivity index (χ0v) is 14.6. The van der Waals surface area contributed by atoms with Gasteiger partial charge in [0.25, 0.3) is 0 Å². The fourth-order valence-corrected chi connectivity index (χ4v) is 4.90. The Kier molecular flexibility index (Phi) is 4.43. The Balaban J connectivity index is 1.38. The third-order valence-corrected chi connectivity index (χ3v) is 6.26. The largest absolute Gasteiger partial charge is 0.298 e. The van der Waals surface area contributed by atoms with Gasteiger partial charge in [-0.2, -0.15) is 0 Å². The number of hydrogen-bond donors (Lipinski definition) is 0. The molecule has 3 heteroatoms. The van der Waals surface area contributed by atoms with E-state index < -0.39 is 0 Å². The highest BCUT2D eigenvalue weighted by molar-refractivity contribution is 7.99. The van der Waals surface area contributed by atoms with Gasteiger partial charge in [0.1, 0.15) is 0 Å². The van der Waals surface area contributed by atoms with Crippen LogP contribution in [-0.4, -0.2) is 35.7 Å². The van der Waals surface area contributed by atoms with Crippen molar-refractivity contribution in [2.24, 2.45) is 0 Å². The fraction of sp³-hybridized carbons (Fsp3) is 0.400. The fourth-order valence-electron chi connectivity index (χ4n) is 3.80. The van der Waals surface area contributed by atoms with Gasteiger partial charge in [-0.1, -0.05) is 42.5 Å². The lowest BCUT2D eigenvalue weighted by Gasteiger charge is -2.33. The van der Waals surface area contributed by atoms with Crippen LogP contribution in [0.4, 0.5) is 0 Å². The molecule has 0 aliphatic carbocycles. The van der Waals surface area contributed by atoms with E-state index in [0.717, 1.165) is 26.2 Å². The van der Waals surface area contributed by atoms with Crippen molar-refractivity contribution in [2.45, 2.75) is 30.4 Å². The monoisotopic (exact) mass is 324 g/mol. The third-order valence-electron chi connectivity index (χ3n) is 5.13. The molecule has 2 aliphatic heterocycles. The minimum Gasteiger partial charge on any atom is -0.298 e. The molecule has 0 radical (unpaired) electrons. The molecule has 0 amide bonds. The zero-order chi connectivity index (χ0) is 15.6. The molecule has 0 spiro atoms.